The Bertz CT molecular complexity index is 529. The number of nitrogen functional groups attached to an aromatic ring is 1. The van der Waals surface area contributed by atoms with Gasteiger partial charge >= 0.3 is 0 Å². The highest BCUT2D eigenvalue weighted by Crippen LogP contribution is 2.26. The second kappa shape index (κ2) is 6.23. The van der Waals surface area contributed by atoms with E-state index in [0.29, 0.717) is 24.3 Å². The minimum atomic E-state index is -3.57. The quantitative estimate of drug-likeness (QED) is 0.658. The maximum absolute atomic E-state index is 12.0. The van der Waals surface area contributed by atoms with E-state index >= 15 is 0 Å². The van der Waals surface area contributed by atoms with Crippen LogP contribution in [0.4, 0.5) is 11.4 Å². The van der Waals surface area contributed by atoms with E-state index < -0.39 is 16.1 Å². The summed E-state index contributed by atoms with van der Waals surface area (Å²) in [5, 5.41) is 9.29. The minimum absolute atomic E-state index is 0.142. The molecule has 6 nitrogen and oxygen atoms in total. The Morgan fingerprint density at radius 3 is 2.63 bits per heavy atom. The smallest absolute Gasteiger partial charge is 0.242 e. The van der Waals surface area contributed by atoms with Crippen molar-refractivity contribution in [2.24, 2.45) is 0 Å². The lowest BCUT2D eigenvalue weighted by Gasteiger charge is -2.23. The Hall–Kier alpha value is -1.31. The molecule has 1 aromatic carbocycles. The molecule has 108 valence electrons. The Morgan fingerprint density at radius 2 is 2.11 bits per heavy atom. The summed E-state index contributed by atoms with van der Waals surface area (Å²) in [7, 11) is -0.430. The van der Waals surface area contributed by atoms with Crippen molar-refractivity contribution in [3.63, 3.8) is 0 Å². The monoisotopic (exact) mass is 287 g/mol. The SMILES string of the molecule is CNS(=O)(=O)c1cc(N)ccc1N(C)CCC(C)O. The summed E-state index contributed by atoms with van der Waals surface area (Å²) in [4.78, 5) is 1.93. The number of aliphatic hydroxyl groups excluding tert-OH is 1. The molecule has 0 radical (unpaired) electrons. The van der Waals surface area contributed by atoms with Gasteiger partial charge in [0.15, 0.2) is 0 Å². The highest BCUT2D eigenvalue weighted by Gasteiger charge is 2.19. The van der Waals surface area contributed by atoms with Gasteiger partial charge in [0.2, 0.25) is 10.0 Å². The van der Waals surface area contributed by atoms with Gasteiger partial charge in [-0.15, -0.1) is 0 Å². The maximum atomic E-state index is 12.0. The minimum Gasteiger partial charge on any atom is -0.399 e. The van der Waals surface area contributed by atoms with Crippen LogP contribution in [0.5, 0.6) is 0 Å². The zero-order valence-electron chi connectivity index (χ0n) is 11.4. The van der Waals surface area contributed by atoms with Crippen molar-refractivity contribution in [1.29, 1.82) is 0 Å². The van der Waals surface area contributed by atoms with E-state index in [9.17, 15) is 13.5 Å². The van der Waals surface area contributed by atoms with Crippen LogP contribution in [0, 0.1) is 0 Å². The number of benzene rings is 1. The van der Waals surface area contributed by atoms with Gasteiger partial charge in [-0.25, -0.2) is 13.1 Å². The lowest BCUT2D eigenvalue weighted by Crippen LogP contribution is -2.26. The number of hydrogen-bond donors (Lipinski definition) is 3. The van der Waals surface area contributed by atoms with Crippen LogP contribution in [0.1, 0.15) is 13.3 Å². The number of sulfonamides is 1. The number of nitrogens with zero attached hydrogens (tertiary/aromatic N) is 1. The standard InChI is InChI=1S/C12H21N3O3S/c1-9(16)6-7-15(3)11-5-4-10(13)8-12(11)19(17,18)14-2/h4-5,8-9,14,16H,6-7,13H2,1-3H3. The number of rotatable bonds is 6. The molecular formula is C12H21N3O3S. The molecule has 0 fully saturated rings. The summed E-state index contributed by atoms with van der Waals surface area (Å²) in [5.74, 6) is 0. The molecule has 0 bridgehead atoms. The van der Waals surface area contributed by atoms with E-state index in [0.717, 1.165) is 0 Å². The molecular weight excluding hydrogens is 266 g/mol. The summed E-state index contributed by atoms with van der Waals surface area (Å²) in [6.07, 6.45) is 0.125. The molecule has 0 aromatic heterocycles. The molecule has 0 amide bonds. The van der Waals surface area contributed by atoms with Crippen LogP contribution in [0.3, 0.4) is 0 Å². The fraction of sp³-hybridized carbons (Fsp3) is 0.500. The molecule has 0 heterocycles. The second-order valence-electron chi connectivity index (χ2n) is 4.49. The van der Waals surface area contributed by atoms with E-state index in [-0.39, 0.29) is 4.90 Å². The van der Waals surface area contributed by atoms with Crippen molar-refractivity contribution in [3.8, 4) is 0 Å². The lowest BCUT2D eigenvalue weighted by molar-refractivity contribution is 0.187. The Morgan fingerprint density at radius 1 is 1.47 bits per heavy atom. The Balaban J connectivity index is 3.14. The predicted octanol–water partition coefficient (Wildman–Crippen LogP) is 0.384. The van der Waals surface area contributed by atoms with Gasteiger partial charge in [-0.3, -0.25) is 0 Å². The first-order valence-corrected chi connectivity index (χ1v) is 7.48. The van der Waals surface area contributed by atoms with Gasteiger partial charge in [0.1, 0.15) is 4.90 Å². The van der Waals surface area contributed by atoms with Gasteiger partial charge in [-0.1, -0.05) is 0 Å². The van der Waals surface area contributed by atoms with Crippen LogP contribution in [-0.4, -0.2) is 40.3 Å². The number of nitrogens with two attached hydrogens (primary N) is 1. The normalized spacial score (nSPS) is 13.3. The molecule has 0 saturated carbocycles. The summed E-state index contributed by atoms with van der Waals surface area (Å²) >= 11 is 0. The summed E-state index contributed by atoms with van der Waals surface area (Å²) in [6, 6.07) is 4.75. The van der Waals surface area contributed by atoms with Crippen molar-refractivity contribution >= 4 is 21.4 Å². The first kappa shape index (κ1) is 15.7. The molecule has 1 atom stereocenters. The molecule has 1 rings (SSSR count). The largest absolute Gasteiger partial charge is 0.399 e. The fourth-order valence-corrected chi connectivity index (χ4v) is 2.68. The maximum Gasteiger partial charge on any atom is 0.242 e. The van der Waals surface area contributed by atoms with Gasteiger partial charge < -0.3 is 15.7 Å². The van der Waals surface area contributed by atoms with Crippen LogP contribution in [-0.2, 0) is 10.0 Å². The molecule has 19 heavy (non-hydrogen) atoms. The molecule has 1 aromatic rings. The zero-order valence-corrected chi connectivity index (χ0v) is 12.2. The highest BCUT2D eigenvalue weighted by atomic mass is 32.2. The van der Waals surface area contributed by atoms with Crippen LogP contribution < -0.4 is 15.4 Å². The van der Waals surface area contributed by atoms with Crippen LogP contribution in [0.25, 0.3) is 0 Å². The van der Waals surface area contributed by atoms with E-state index in [2.05, 4.69) is 4.72 Å². The van der Waals surface area contributed by atoms with Gasteiger partial charge in [0, 0.05) is 19.3 Å². The van der Waals surface area contributed by atoms with Crippen molar-refractivity contribution < 1.29 is 13.5 Å². The topological polar surface area (TPSA) is 95.7 Å². The first-order valence-electron chi connectivity index (χ1n) is 6.00. The average Bonchev–Trinajstić information content (AvgIpc) is 2.35. The third-order valence-electron chi connectivity index (χ3n) is 2.84. The summed E-state index contributed by atoms with van der Waals surface area (Å²) in [6.45, 7) is 2.25. The predicted molar refractivity (Wildman–Crippen MR) is 76.7 cm³/mol. The highest BCUT2D eigenvalue weighted by molar-refractivity contribution is 7.89. The third-order valence-corrected chi connectivity index (χ3v) is 4.28. The second-order valence-corrected chi connectivity index (χ2v) is 6.35. The van der Waals surface area contributed by atoms with E-state index in [4.69, 9.17) is 5.73 Å². The summed E-state index contributed by atoms with van der Waals surface area (Å²) < 4.78 is 26.2. The van der Waals surface area contributed by atoms with Crippen LogP contribution in [0.15, 0.2) is 23.1 Å². The van der Waals surface area contributed by atoms with E-state index in [1.165, 1.54) is 13.1 Å². The van der Waals surface area contributed by atoms with Crippen molar-refractivity contribution in [1.82, 2.24) is 4.72 Å². The lowest BCUT2D eigenvalue weighted by atomic mass is 10.2. The van der Waals surface area contributed by atoms with Crippen LogP contribution >= 0.6 is 0 Å². The first-order chi connectivity index (χ1) is 8.77. The van der Waals surface area contributed by atoms with Gasteiger partial charge in [-0.2, -0.15) is 0 Å². The van der Waals surface area contributed by atoms with Crippen molar-refractivity contribution in [2.75, 3.05) is 31.3 Å². The number of nitrogens with one attached hydrogen (secondary N) is 1. The van der Waals surface area contributed by atoms with E-state index in [1.54, 1.807) is 31.0 Å². The molecule has 1 unspecified atom stereocenters. The van der Waals surface area contributed by atoms with Gasteiger partial charge in [0.05, 0.1) is 11.8 Å². The zero-order chi connectivity index (χ0) is 14.6. The Labute approximate surface area is 114 Å². The van der Waals surface area contributed by atoms with Gasteiger partial charge in [-0.05, 0) is 38.6 Å². The number of aliphatic hydroxyl groups is 1. The van der Waals surface area contributed by atoms with Crippen LogP contribution in [0.2, 0.25) is 0 Å². The fourth-order valence-electron chi connectivity index (χ4n) is 1.67. The molecule has 0 aliphatic heterocycles. The summed E-state index contributed by atoms with van der Waals surface area (Å²) in [5.41, 5.74) is 6.60. The molecule has 7 heteroatoms. The molecule has 0 saturated heterocycles. The molecule has 0 aliphatic carbocycles. The van der Waals surface area contributed by atoms with E-state index in [1.807, 2.05) is 0 Å². The molecule has 0 spiro atoms. The number of hydrogen-bond acceptors (Lipinski definition) is 5. The van der Waals surface area contributed by atoms with Crippen molar-refractivity contribution in [3.05, 3.63) is 18.2 Å². The number of anilines is 2. The molecule has 4 N–H and O–H groups in total. The molecule has 0 aliphatic rings. The Kier molecular flexibility index (Phi) is 5.16. The third kappa shape index (κ3) is 4.09. The van der Waals surface area contributed by atoms with Gasteiger partial charge in [0.25, 0.3) is 0 Å². The average molecular weight is 287 g/mol. The van der Waals surface area contributed by atoms with Crippen molar-refractivity contribution in [2.45, 2.75) is 24.3 Å².